The van der Waals surface area contributed by atoms with Crippen molar-refractivity contribution in [3.8, 4) is 11.5 Å². The fraction of sp³-hybridized carbons (Fsp3) is 0.150. The normalized spacial score (nSPS) is 15.2. The lowest BCUT2D eigenvalue weighted by atomic mass is 10.2. The van der Waals surface area contributed by atoms with Gasteiger partial charge in [0.25, 0.3) is 5.91 Å². The zero-order chi connectivity index (χ0) is 20.1. The van der Waals surface area contributed by atoms with E-state index < -0.39 is 0 Å². The molecule has 3 rings (SSSR count). The molecule has 0 aromatic heterocycles. The zero-order valence-electron chi connectivity index (χ0n) is 15.0. The summed E-state index contributed by atoms with van der Waals surface area (Å²) < 4.78 is 5.52. The first-order valence-electron chi connectivity index (χ1n) is 8.45. The fourth-order valence-corrected chi connectivity index (χ4v) is 3.88. The number of phenols is 1. The Kier molecular flexibility index (Phi) is 6.33. The van der Waals surface area contributed by atoms with Gasteiger partial charge in [0.2, 0.25) is 5.91 Å². The minimum atomic E-state index is -0.271. The number of thioether (sulfide) groups is 1. The Bertz CT molecular complexity index is 959. The molecular formula is C20H18N2O4S2. The predicted molar refractivity (Wildman–Crippen MR) is 114 cm³/mol. The fourth-order valence-electron chi connectivity index (χ4n) is 2.58. The highest BCUT2D eigenvalue weighted by Crippen LogP contribution is 2.34. The van der Waals surface area contributed by atoms with Crippen LogP contribution in [-0.4, -0.2) is 39.8 Å². The maximum absolute atomic E-state index is 12.6. The van der Waals surface area contributed by atoms with Gasteiger partial charge in [-0.15, -0.1) is 0 Å². The molecule has 1 aliphatic heterocycles. The van der Waals surface area contributed by atoms with Crippen LogP contribution in [0.4, 0.5) is 5.69 Å². The number of thiocarbonyl (C=S) groups is 1. The summed E-state index contributed by atoms with van der Waals surface area (Å²) in [6.07, 6.45) is 1.71. The number of carbonyl (C=O) groups excluding carboxylic acids is 2. The first-order valence-corrected chi connectivity index (χ1v) is 9.67. The van der Waals surface area contributed by atoms with E-state index in [1.165, 1.54) is 4.90 Å². The molecule has 0 atom stereocenters. The molecule has 2 aromatic rings. The third kappa shape index (κ3) is 4.71. The van der Waals surface area contributed by atoms with Crippen molar-refractivity contribution in [1.82, 2.24) is 4.90 Å². The highest BCUT2D eigenvalue weighted by molar-refractivity contribution is 8.26. The smallest absolute Gasteiger partial charge is 0.266 e. The number of hydrogen-bond acceptors (Lipinski definition) is 6. The van der Waals surface area contributed by atoms with Crippen molar-refractivity contribution in [1.29, 1.82) is 0 Å². The van der Waals surface area contributed by atoms with Gasteiger partial charge in [0.05, 0.1) is 12.0 Å². The van der Waals surface area contributed by atoms with Crippen molar-refractivity contribution in [2.24, 2.45) is 0 Å². The van der Waals surface area contributed by atoms with E-state index in [0.29, 0.717) is 26.2 Å². The largest absolute Gasteiger partial charge is 0.507 e. The summed E-state index contributed by atoms with van der Waals surface area (Å²) in [6.45, 7) is 0.179. The lowest BCUT2D eigenvalue weighted by Crippen LogP contribution is -2.31. The number of para-hydroxylation sites is 1. The van der Waals surface area contributed by atoms with Crippen molar-refractivity contribution in [3.63, 3.8) is 0 Å². The molecule has 6 nitrogen and oxygen atoms in total. The number of anilines is 1. The Morgan fingerprint density at radius 1 is 1.29 bits per heavy atom. The van der Waals surface area contributed by atoms with Crippen molar-refractivity contribution >= 4 is 51.9 Å². The van der Waals surface area contributed by atoms with Crippen molar-refractivity contribution in [2.75, 3.05) is 19.0 Å². The molecule has 0 unspecified atom stereocenters. The second-order valence-electron chi connectivity index (χ2n) is 5.92. The van der Waals surface area contributed by atoms with Gasteiger partial charge in [-0.1, -0.05) is 48.2 Å². The molecule has 8 heteroatoms. The lowest BCUT2D eigenvalue weighted by molar-refractivity contribution is -0.122. The van der Waals surface area contributed by atoms with Crippen molar-refractivity contribution in [2.45, 2.75) is 6.42 Å². The van der Waals surface area contributed by atoms with E-state index in [1.54, 1.807) is 61.7 Å². The van der Waals surface area contributed by atoms with Gasteiger partial charge in [0.15, 0.2) is 0 Å². The van der Waals surface area contributed by atoms with Crippen molar-refractivity contribution in [3.05, 3.63) is 59.0 Å². The molecule has 2 amide bonds. The Labute approximate surface area is 172 Å². The van der Waals surface area contributed by atoms with Gasteiger partial charge < -0.3 is 15.2 Å². The third-order valence-electron chi connectivity index (χ3n) is 4.01. The van der Waals surface area contributed by atoms with Gasteiger partial charge >= 0.3 is 0 Å². The molecule has 0 spiro atoms. The quantitative estimate of drug-likeness (QED) is 0.555. The van der Waals surface area contributed by atoms with Crippen LogP contribution in [0.3, 0.4) is 0 Å². The molecule has 1 saturated heterocycles. The molecule has 0 saturated carbocycles. The molecule has 0 radical (unpaired) electrons. The Hall–Kier alpha value is -2.84. The summed E-state index contributed by atoms with van der Waals surface area (Å²) in [5.74, 6) is 0.230. The SMILES string of the molecule is COc1cccc(NC(=O)CCN2C(=O)/C(=C/c3ccccc3O)SC2=S)c1. The Balaban J connectivity index is 1.61. The molecule has 1 heterocycles. The topological polar surface area (TPSA) is 78.9 Å². The molecule has 28 heavy (non-hydrogen) atoms. The highest BCUT2D eigenvalue weighted by Gasteiger charge is 2.32. The van der Waals surface area contributed by atoms with E-state index in [-0.39, 0.29) is 30.5 Å². The van der Waals surface area contributed by atoms with E-state index in [0.717, 1.165) is 11.8 Å². The van der Waals surface area contributed by atoms with Gasteiger partial charge in [-0.25, -0.2) is 0 Å². The first-order chi connectivity index (χ1) is 13.5. The summed E-state index contributed by atoms with van der Waals surface area (Å²) in [6, 6.07) is 13.8. The number of benzene rings is 2. The van der Waals surface area contributed by atoms with Gasteiger partial charge in [-0.3, -0.25) is 14.5 Å². The number of nitrogens with one attached hydrogen (secondary N) is 1. The maximum atomic E-state index is 12.6. The van der Waals surface area contributed by atoms with E-state index in [1.807, 2.05) is 0 Å². The first kappa shape index (κ1) is 19.9. The van der Waals surface area contributed by atoms with E-state index >= 15 is 0 Å². The molecule has 1 fully saturated rings. The Morgan fingerprint density at radius 3 is 2.82 bits per heavy atom. The van der Waals surface area contributed by atoms with Crippen LogP contribution in [0, 0.1) is 0 Å². The van der Waals surface area contributed by atoms with Gasteiger partial charge in [0, 0.05) is 30.3 Å². The molecule has 144 valence electrons. The summed E-state index contributed by atoms with van der Waals surface area (Å²) in [5, 5.41) is 12.6. The van der Waals surface area contributed by atoms with Gasteiger partial charge in [-0.2, -0.15) is 0 Å². The van der Waals surface area contributed by atoms with Crippen LogP contribution in [0.1, 0.15) is 12.0 Å². The number of carbonyl (C=O) groups is 2. The summed E-state index contributed by atoms with van der Waals surface area (Å²) in [5.41, 5.74) is 1.16. The second kappa shape index (κ2) is 8.90. The van der Waals surface area contributed by atoms with Crippen LogP contribution in [0.15, 0.2) is 53.4 Å². The second-order valence-corrected chi connectivity index (χ2v) is 7.60. The number of aromatic hydroxyl groups is 1. The summed E-state index contributed by atoms with van der Waals surface area (Å²) in [7, 11) is 1.55. The number of nitrogens with zero attached hydrogens (tertiary/aromatic N) is 1. The maximum Gasteiger partial charge on any atom is 0.266 e. The highest BCUT2D eigenvalue weighted by atomic mass is 32.2. The summed E-state index contributed by atoms with van der Waals surface area (Å²) >= 11 is 6.43. The van der Waals surface area contributed by atoms with Gasteiger partial charge in [0.1, 0.15) is 15.8 Å². The van der Waals surface area contributed by atoms with Crippen LogP contribution < -0.4 is 10.1 Å². The molecule has 2 N–H and O–H groups in total. The van der Waals surface area contributed by atoms with Crippen LogP contribution in [0.5, 0.6) is 11.5 Å². The van der Waals surface area contributed by atoms with E-state index in [9.17, 15) is 14.7 Å². The van der Waals surface area contributed by atoms with E-state index in [2.05, 4.69) is 5.32 Å². The van der Waals surface area contributed by atoms with Crippen LogP contribution >= 0.6 is 24.0 Å². The number of methoxy groups -OCH3 is 1. The number of amides is 2. The van der Waals surface area contributed by atoms with Crippen LogP contribution in [0.2, 0.25) is 0 Å². The lowest BCUT2D eigenvalue weighted by Gasteiger charge is -2.14. The Morgan fingerprint density at radius 2 is 2.07 bits per heavy atom. The number of hydrogen-bond donors (Lipinski definition) is 2. The molecule has 2 aromatic carbocycles. The molecule has 0 bridgehead atoms. The monoisotopic (exact) mass is 414 g/mol. The van der Waals surface area contributed by atoms with Crippen molar-refractivity contribution < 1.29 is 19.4 Å². The number of rotatable bonds is 6. The van der Waals surface area contributed by atoms with E-state index in [4.69, 9.17) is 17.0 Å². The van der Waals surface area contributed by atoms with Gasteiger partial charge in [-0.05, 0) is 24.3 Å². The average Bonchev–Trinajstić information content (AvgIpc) is 2.95. The van der Waals surface area contributed by atoms with Crippen LogP contribution in [0.25, 0.3) is 6.08 Å². The zero-order valence-corrected chi connectivity index (χ0v) is 16.7. The third-order valence-corrected chi connectivity index (χ3v) is 5.39. The minimum absolute atomic E-state index is 0.0884. The standard InChI is InChI=1S/C20H18N2O4S2/c1-26-15-7-4-6-14(12-15)21-18(24)9-10-22-19(25)17(28-20(22)27)11-13-5-2-3-8-16(13)23/h2-8,11-12,23H,9-10H2,1H3,(H,21,24)/b17-11-. The number of phenolic OH excluding ortho intramolecular Hbond substituents is 1. The minimum Gasteiger partial charge on any atom is -0.507 e. The average molecular weight is 415 g/mol. The summed E-state index contributed by atoms with van der Waals surface area (Å²) in [4.78, 5) is 26.6. The molecule has 1 aliphatic rings. The number of ether oxygens (including phenoxy) is 1. The molecule has 0 aliphatic carbocycles. The predicted octanol–water partition coefficient (Wildman–Crippen LogP) is 3.63. The van der Waals surface area contributed by atoms with Crippen LogP contribution in [-0.2, 0) is 9.59 Å². The molecular weight excluding hydrogens is 396 g/mol.